The molecule has 0 saturated carbocycles. The SMILES string of the molecule is O=S(=O)(c1ccc(Cl)cc1)N1CCN(c2cc(-n3cccn3)ncn2)CC1. The summed E-state index contributed by atoms with van der Waals surface area (Å²) in [6, 6.07) is 9.90. The largest absolute Gasteiger partial charge is 0.354 e. The van der Waals surface area contributed by atoms with E-state index in [0.29, 0.717) is 37.0 Å². The molecule has 1 aliphatic heterocycles. The van der Waals surface area contributed by atoms with Gasteiger partial charge in [0.2, 0.25) is 10.0 Å². The predicted molar refractivity (Wildman–Crippen MR) is 102 cm³/mol. The number of anilines is 1. The molecule has 4 rings (SSSR count). The summed E-state index contributed by atoms with van der Waals surface area (Å²) in [7, 11) is -3.53. The van der Waals surface area contributed by atoms with Crippen molar-refractivity contribution in [2.45, 2.75) is 4.90 Å². The van der Waals surface area contributed by atoms with E-state index in [9.17, 15) is 8.42 Å². The van der Waals surface area contributed by atoms with Crippen LogP contribution in [0, 0.1) is 0 Å². The minimum atomic E-state index is -3.53. The Morgan fingerprint density at radius 3 is 2.33 bits per heavy atom. The predicted octanol–water partition coefficient (Wildman–Crippen LogP) is 1.83. The summed E-state index contributed by atoms with van der Waals surface area (Å²) in [5.41, 5.74) is 0. The van der Waals surface area contributed by atoms with Crippen molar-refractivity contribution in [1.82, 2.24) is 24.1 Å². The second-order valence-corrected chi connectivity index (χ2v) is 8.40. The van der Waals surface area contributed by atoms with Crippen molar-refractivity contribution in [3.8, 4) is 5.82 Å². The Balaban J connectivity index is 1.48. The molecule has 0 unspecified atom stereocenters. The van der Waals surface area contributed by atoms with Gasteiger partial charge >= 0.3 is 0 Å². The summed E-state index contributed by atoms with van der Waals surface area (Å²) in [5.74, 6) is 1.42. The Labute approximate surface area is 162 Å². The topological polar surface area (TPSA) is 84.2 Å². The molecule has 10 heteroatoms. The maximum absolute atomic E-state index is 12.8. The fourth-order valence-corrected chi connectivity index (χ4v) is 4.50. The Morgan fingerprint density at radius 1 is 0.963 bits per heavy atom. The first-order valence-corrected chi connectivity index (χ1v) is 10.2. The number of benzene rings is 1. The molecule has 0 amide bonds. The zero-order valence-electron chi connectivity index (χ0n) is 14.3. The minimum absolute atomic E-state index is 0.253. The fraction of sp³-hybridized carbons (Fsp3) is 0.235. The highest BCUT2D eigenvalue weighted by Crippen LogP contribution is 2.22. The Bertz CT molecular complexity index is 1020. The molecule has 1 fully saturated rings. The molecule has 3 heterocycles. The van der Waals surface area contributed by atoms with Crippen LogP contribution in [-0.4, -0.2) is 58.7 Å². The average Bonchev–Trinajstić information content (AvgIpc) is 3.23. The summed E-state index contributed by atoms with van der Waals surface area (Å²) in [5, 5.41) is 4.68. The molecule has 1 saturated heterocycles. The molecule has 3 aromatic rings. The second kappa shape index (κ2) is 7.26. The van der Waals surface area contributed by atoms with E-state index in [1.807, 2.05) is 23.2 Å². The summed E-state index contributed by atoms with van der Waals surface area (Å²) >= 11 is 5.85. The number of nitrogens with zero attached hydrogens (tertiary/aromatic N) is 6. The lowest BCUT2D eigenvalue weighted by atomic mass is 10.3. The van der Waals surface area contributed by atoms with Gasteiger partial charge in [0.25, 0.3) is 0 Å². The van der Waals surface area contributed by atoms with Gasteiger partial charge < -0.3 is 4.90 Å². The van der Waals surface area contributed by atoms with Crippen LogP contribution in [0.2, 0.25) is 5.02 Å². The molecule has 0 spiro atoms. The van der Waals surface area contributed by atoms with Gasteiger partial charge in [-0.2, -0.15) is 9.40 Å². The molecule has 1 aliphatic rings. The number of hydrogen-bond donors (Lipinski definition) is 0. The van der Waals surface area contributed by atoms with Crippen LogP contribution in [-0.2, 0) is 10.0 Å². The Hall–Kier alpha value is -2.49. The number of halogens is 1. The highest BCUT2D eigenvalue weighted by atomic mass is 35.5. The van der Waals surface area contributed by atoms with Crippen molar-refractivity contribution in [2.24, 2.45) is 0 Å². The van der Waals surface area contributed by atoms with E-state index in [2.05, 4.69) is 15.1 Å². The molecular weight excluding hydrogens is 388 g/mol. The highest BCUT2D eigenvalue weighted by molar-refractivity contribution is 7.89. The van der Waals surface area contributed by atoms with Crippen LogP contribution in [0.4, 0.5) is 5.82 Å². The van der Waals surface area contributed by atoms with Crippen molar-refractivity contribution in [1.29, 1.82) is 0 Å². The second-order valence-electron chi connectivity index (χ2n) is 6.03. The van der Waals surface area contributed by atoms with Gasteiger partial charge in [-0.15, -0.1) is 0 Å². The smallest absolute Gasteiger partial charge is 0.243 e. The molecule has 0 radical (unpaired) electrons. The van der Waals surface area contributed by atoms with Crippen LogP contribution in [0.15, 0.2) is 60.0 Å². The first-order valence-electron chi connectivity index (χ1n) is 8.37. The van der Waals surface area contributed by atoms with Crippen molar-refractivity contribution >= 4 is 27.4 Å². The maximum Gasteiger partial charge on any atom is 0.243 e. The molecule has 27 heavy (non-hydrogen) atoms. The quantitative estimate of drug-likeness (QED) is 0.659. The number of hydrogen-bond acceptors (Lipinski definition) is 6. The van der Waals surface area contributed by atoms with Gasteiger partial charge in [-0.3, -0.25) is 0 Å². The first-order chi connectivity index (χ1) is 13.0. The van der Waals surface area contributed by atoms with Crippen LogP contribution >= 0.6 is 11.6 Å². The van der Waals surface area contributed by atoms with Crippen LogP contribution in [0.1, 0.15) is 0 Å². The van der Waals surface area contributed by atoms with Crippen LogP contribution in [0.3, 0.4) is 0 Å². The molecule has 1 aromatic carbocycles. The van der Waals surface area contributed by atoms with Crippen molar-refractivity contribution in [2.75, 3.05) is 31.1 Å². The Kier molecular flexibility index (Phi) is 4.81. The first kappa shape index (κ1) is 17.9. The van der Waals surface area contributed by atoms with Gasteiger partial charge in [0.15, 0.2) is 5.82 Å². The van der Waals surface area contributed by atoms with E-state index < -0.39 is 10.0 Å². The number of rotatable bonds is 4. The van der Waals surface area contributed by atoms with Gasteiger partial charge in [-0.25, -0.2) is 23.1 Å². The normalized spacial score (nSPS) is 15.8. The highest BCUT2D eigenvalue weighted by Gasteiger charge is 2.29. The van der Waals surface area contributed by atoms with E-state index in [-0.39, 0.29) is 4.90 Å². The van der Waals surface area contributed by atoms with E-state index >= 15 is 0 Å². The average molecular weight is 405 g/mol. The molecule has 8 nitrogen and oxygen atoms in total. The molecular formula is C17H17ClN6O2S. The number of aromatic nitrogens is 4. The monoisotopic (exact) mass is 404 g/mol. The van der Waals surface area contributed by atoms with Crippen LogP contribution < -0.4 is 4.90 Å². The molecule has 0 atom stereocenters. The number of piperazine rings is 1. The molecule has 0 bridgehead atoms. The van der Waals surface area contributed by atoms with Gasteiger partial charge in [0, 0.05) is 49.7 Å². The molecule has 2 aromatic heterocycles. The lowest BCUT2D eigenvalue weighted by Gasteiger charge is -2.34. The zero-order chi connectivity index (χ0) is 18.9. The third kappa shape index (κ3) is 3.66. The number of sulfonamides is 1. The van der Waals surface area contributed by atoms with Crippen LogP contribution in [0.25, 0.3) is 5.82 Å². The summed E-state index contributed by atoms with van der Waals surface area (Å²) in [6.07, 6.45) is 4.98. The van der Waals surface area contributed by atoms with Gasteiger partial charge in [0.1, 0.15) is 12.1 Å². The zero-order valence-corrected chi connectivity index (χ0v) is 15.9. The van der Waals surface area contributed by atoms with E-state index in [1.165, 1.54) is 22.8 Å². The summed E-state index contributed by atoms with van der Waals surface area (Å²) < 4.78 is 28.7. The molecule has 140 valence electrons. The van der Waals surface area contributed by atoms with E-state index in [0.717, 1.165) is 5.82 Å². The lowest BCUT2D eigenvalue weighted by Crippen LogP contribution is -2.48. The van der Waals surface area contributed by atoms with Gasteiger partial charge in [0.05, 0.1) is 4.90 Å². The standard InChI is InChI=1S/C17H17ClN6O2S/c18-14-2-4-15(5-3-14)27(25,26)23-10-8-22(9-11-23)16-12-17(20-13-19-16)24-7-1-6-21-24/h1-7,12-13H,8-11H2. The van der Waals surface area contributed by atoms with E-state index in [4.69, 9.17) is 11.6 Å². The van der Waals surface area contributed by atoms with Crippen molar-refractivity contribution in [3.63, 3.8) is 0 Å². The van der Waals surface area contributed by atoms with Crippen molar-refractivity contribution < 1.29 is 8.42 Å². The van der Waals surface area contributed by atoms with Crippen LogP contribution in [0.5, 0.6) is 0 Å². The van der Waals surface area contributed by atoms with Gasteiger partial charge in [-0.05, 0) is 30.3 Å². The lowest BCUT2D eigenvalue weighted by molar-refractivity contribution is 0.383. The minimum Gasteiger partial charge on any atom is -0.354 e. The third-order valence-electron chi connectivity index (χ3n) is 4.39. The van der Waals surface area contributed by atoms with Gasteiger partial charge in [-0.1, -0.05) is 11.6 Å². The summed E-state index contributed by atoms with van der Waals surface area (Å²) in [6.45, 7) is 1.85. The van der Waals surface area contributed by atoms with E-state index in [1.54, 1.807) is 23.0 Å². The maximum atomic E-state index is 12.8. The molecule has 0 aliphatic carbocycles. The summed E-state index contributed by atoms with van der Waals surface area (Å²) in [4.78, 5) is 10.8. The Morgan fingerprint density at radius 2 is 1.67 bits per heavy atom. The fourth-order valence-electron chi connectivity index (χ4n) is 2.95. The third-order valence-corrected chi connectivity index (χ3v) is 6.56. The van der Waals surface area contributed by atoms with Crippen molar-refractivity contribution in [3.05, 3.63) is 60.1 Å². The molecule has 0 N–H and O–H groups in total.